The second-order valence-electron chi connectivity index (χ2n) is 5.28. The number of carbonyl (C=O) groups excluding carboxylic acids is 1. The highest BCUT2D eigenvalue weighted by atomic mass is 16.5. The van der Waals surface area contributed by atoms with E-state index in [1.165, 1.54) is 11.0 Å². The van der Waals surface area contributed by atoms with Crippen LogP contribution >= 0.6 is 0 Å². The van der Waals surface area contributed by atoms with Crippen LogP contribution in [0, 0.1) is 0 Å². The summed E-state index contributed by atoms with van der Waals surface area (Å²) >= 11 is 0. The first-order valence-electron chi connectivity index (χ1n) is 8.25. The second kappa shape index (κ2) is 8.11. The number of nitrogens with zero attached hydrogens (tertiary/aromatic N) is 4. The lowest BCUT2D eigenvalue weighted by Gasteiger charge is -2.13. The van der Waals surface area contributed by atoms with Gasteiger partial charge in [-0.2, -0.15) is 0 Å². The Morgan fingerprint density at radius 2 is 1.85 bits per heavy atom. The highest BCUT2D eigenvalue weighted by molar-refractivity contribution is 6.05. The summed E-state index contributed by atoms with van der Waals surface area (Å²) in [6, 6.07) is 12.3. The summed E-state index contributed by atoms with van der Waals surface area (Å²) in [5.41, 5.74) is 1.83. The first-order valence-corrected chi connectivity index (χ1v) is 8.25. The van der Waals surface area contributed by atoms with E-state index in [2.05, 4.69) is 20.8 Å². The van der Waals surface area contributed by atoms with Crippen LogP contribution in [0.3, 0.4) is 0 Å². The molecule has 0 fully saturated rings. The topological polar surface area (TPSA) is 91.2 Å². The molecule has 3 rings (SSSR count). The molecule has 0 radical (unpaired) electrons. The number of hydrogen-bond donors (Lipinski definition) is 1. The molecule has 8 nitrogen and oxygen atoms in total. The van der Waals surface area contributed by atoms with Crippen LogP contribution < -0.4 is 14.8 Å². The molecule has 0 saturated heterocycles. The zero-order valence-corrected chi connectivity index (χ0v) is 14.5. The number of tetrazole rings is 1. The minimum absolute atomic E-state index is 0.247. The normalized spacial score (nSPS) is 10.4. The molecule has 0 saturated carbocycles. The molecule has 1 aromatic heterocycles. The van der Waals surface area contributed by atoms with Gasteiger partial charge in [-0.1, -0.05) is 0 Å². The monoisotopic (exact) mass is 353 g/mol. The van der Waals surface area contributed by atoms with Gasteiger partial charge in [-0.05, 0) is 60.7 Å². The number of nitrogens with one attached hydrogen (secondary N) is 1. The van der Waals surface area contributed by atoms with E-state index in [0.29, 0.717) is 36.0 Å². The maximum atomic E-state index is 12.6. The fraction of sp³-hybridized carbons (Fsp3) is 0.222. The number of hydrogen-bond acceptors (Lipinski definition) is 6. The minimum Gasteiger partial charge on any atom is -0.494 e. The number of anilines is 1. The summed E-state index contributed by atoms with van der Waals surface area (Å²) in [6.07, 6.45) is 1.49. The van der Waals surface area contributed by atoms with Crippen LogP contribution in [0.5, 0.6) is 11.5 Å². The van der Waals surface area contributed by atoms with Crippen molar-refractivity contribution in [3.63, 3.8) is 0 Å². The molecule has 0 atom stereocenters. The Kier molecular flexibility index (Phi) is 5.43. The molecule has 0 unspecified atom stereocenters. The van der Waals surface area contributed by atoms with Gasteiger partial charge in [0.15, 0.2) is 0 Å². The number of rotatable bonds is 7. The Labute approximate surface area is 150 Å². The van der Waals surface area contributed by atoms with Gasteiger partial charge in [0.1, 0.15) is 17.8 Å². The van der Waals surface area contributed by atoms with Gasteiger partial charge in [-0.3, -0.25) is 4.79 Å². The van der Waals surface area contributed by atoms with Gasteiger partial charge in [0.25, 0.3) is 5.91 Å². The van der Waals surface area contributed by atoms with Crippen LogP contribution in [0.1, 0.15) is 24.2 Å². The molecule has 26 heavy (non-hydrogen) atoms. The van der Waals surface area contributed by atoms with E-state index < -0.39 is 0 Å². The summed E-state index contributed by atoms with van der Waals surface area (Å²) in [7, 11) is 0. The van der Waals surface area contributed by atoms with Crippen molar-refractivity contribution in [2.45, 2.75) is 13.8 Å². The highest BCUT2D eigenvalue weighted by Gasteiger charge is 2.12. The van der Waals surface area contributed by atoms with Gasteiger partial charge in [0.05, 0.1) is 24.6 Å². The van der Waals surface area contributed by atoms with Gasteiger partial charge in [0, 0.05) is 11.6 Å². The van der Waals surface area contributed by atoms with Crippen LogP contribution in [0.4, 0.5) is 5.69 Å². The third kappa shape index (κ3) is 3.97. The van der Waals surface area contributed by atoms with Crippen LogP contribution in [-0.4, -0.2) is 39.3 Å². The summed E-state index contributed by atoms with van der Waals surface area (Å²) < 4.78 is 12.6. The van der Waals surface area contributed by atoms with Crippen molar-refractivity contribution in [1.82, 2.24) is 20.2 Å². The molecule has 0 spiro atoms. The minimum atomic E-state index is -0.247. The van der Waals surface area contributed by atoms with Crippen LogP contribution in [0.25, 0.3) is 5.69 Å². The molecular formula is C18H19N5O3. The summed E-state index contributed by atoms with van der Waals surface area (Å²) in [4.78, 5) is 12.6. The maximum Gasteiger partial charge on any atom is 0.255 e. The Morgan fingerprint density at radius 1 is 1.08 bits per heavy atom. The first kappa shape index (κ1) is 17.4. The molecule has 0 bridgehead atoms. The molecule has 0 aliphatic rings. The third-order valence-corrected chi connectivity index (χ3v) is 3.55. The lowest BCUT2D eigenvalue weighted by atomic mass is 10.2. The lowest BCUT2D eigenvalue weighted by molar-refractivity contribution is 0.102. The van der Waals surface area contributed by atoms with Crippen LogP contribution in [0.15, 0.2) is 48.8 Å². The Morgan fingerprint density at radius 3 is 2.50 bits per heavy atom. The van der Waals surface area contributed by atoms with E-state index in [-0.39, 0.29) is 5.91 Å². The summed E-state index contributed by atoms with van der Waals surface area (Å²) in [5.74, 6) is 1.01. The van der Waals surface area contributed by atoms with Crippen LogP contribution in [-0.2, 0) is 0 Å². The van der Waals surface area contributed by atoms with Crippen molar-refractivity contribution in [2.75, 3.05) is 18.5 Å². The third-order valence-electron chi connectivity index (χ3n) is 3.55. The Bertz CT molecular complexity index is 863. The fourth-order valence-corrected chi connectivity index (χ4v) is 2.38. The molecule has 1 heterocycles. The second-order valence-corrected chi connectivity index (χ2v) is 5.28. The van der Waals surface area contributed by atoms with Crippen molar-refractivity contribution in [3.8, 4) is 17.2 Å². The SMILES string of the molecule is CCOc1ccc(OCC)c(NC(=O)c2ccc(-n3cnnn3)cc2)c1. The maximum absolute atomic E-state index is 12.6. The van der Waals surface area contributed by atoms with Crippen molar-refractivity contribution in [3.05, 3.63) is 54.4 Å². The zero-order valence-electron chi connectivity index (χ0n) is 14.5. The zero-order chi connectivity index (χ0) is 18.4. The molecule has 134 valence electrons. The molecular weight excluding hydrogens is 334 g/mol. The number of benzene rings is 2. The molecule has 2 aromatic carbocycles. The molecule has 0 aliphatic heterocycles. The first-order chi connectivity index (χ1) is 12.7. The van der Waals surface area contributed by atoms with Gasteiger partial charge in [0.2, 0.25) is 0 Å². The number of amides is 1. The van der Waals surface area contributed by atoms with Gasteiger partial charge in [-0.15, -0.1) is 5.10 Å². The number of ether oxygens (including phenoxy) is 2. The number of aromatic nitrogens is 4. The van der Waals surface area contributed by atoms with Crippen molar-refractivity contribution >= 4 is 11.6 Å². The van der Waals surface area contributed by atoms with Crippen LogP contribution in [0.2, 0.25) is 0 Å². The average molecular weight is 353 g/mol. The molecule has 0 aliphatic carbocycles. The smallest absolute Gasteiger partial charge is 0.255 e. The number of carbonyl (C=O) groups is 1. The molecule has 3 aromatic rings. The standard InChI is InChI=1S/C18H19N5O3/c1-3-25-15-9-10-17(26-4-2)16(11-15)20-18(24)13-5-7-14(8-6-13)23-12-19-21-22-23/h5-12H,3-4H2,1-2H3,(H,20,24). The predicted octanol–water partition coefficient (Wildman–Crippen LogP) is 2.71. The predicted molar refractivity (Wildman–Crippen MR) is 95.9 cm³/mol. The Hall–Kier alpha value is -3.42. The van der Waals surface area contributed by atoms with E-state index in [0.717, 1.165) is 5.69 Å². The molecule has 8 heteroatoms. The largest absolute Gasteiger partial charge is 0.494 e. The Balaban J connectivity index is 1.79. The fourth-order valence-electron chi connectivity index (χ4n) is 2.38. The van der Waals surface area contributed by atoms with Crippen molar-refractivity contribution < 1.29 is 14.3 Å². The van der Waals surface area contributed by atoms with Gasteiger partial charge >= 0.3 is 0 Å². The summed E-state index contributed by atoms with van der Waals surface area (Å²) in [6.45, 7) is 4.83. The van der Waals surface area contributed by atoms with Gasteiger partial charge < -0.3 is 14.8 Å². The van der Waals surface area contributed by atoms with E-state index in [1.807, 2.05) is 19.9 Å². The summed E-state index contributed by atoms with van der Waals surface area (Å²) in [5, 5.41) is 13.9. The average Bonchev–Trinajstić information content (AvgIpc) is 3.19. The van der Waals surface area contributed by atoms with Crippen molar-refractivity contribution in [1.29, 1.82) is 0 Å². The quantitative estimate of drug-likeness (QED) is 0.702. The molecule has 1 amide bonds. The van der Waals surface area contributed by atoms with E-state index in [4.69, 9.17) is 9.47 Å². The van der Waals surface area contributed by atoms with E-state index in [1.54, 1.807) is 36.4 Å². The van der Waals surface area contributed by atoms with Crippen molar-refractivity contribution in [2.24, 2.45) is 0 Å². The molecule has 1 N–H and O–H groups in total. The van der Waals surface area contributed by atoms with Gasteiger partial charge in [-0.25, -0.2) is 4.68 Å². The lowest BCUT2D eigenvalue weighted by Crippen LogP contribution is -2.13. The van der Waals surface area contributed by atoms with E-state index >= 15 is 0 Å². The highest BCUT2D eigenvalue weighted by Crippen LogP contribution is 2.30. The van der Waals surface area contributed by atoms with E-state index in [9.17, 15) is 4.79 Å².